The Morgan fingerprint density at radius 2 is 1.87 bits per heavy atom. The van der Waals surface area contributed by atoms with Crippen molar-refractivity contribution in [2.24, 2.45) is 11.0 Å². The van der Waals surface area contributed by atoms with Crippen LogP contribution in [0.2, 0.25) is 0 Å². The van der Waals surface area contributed by atoms with Gasteiger partial charge in [0.1, 0.15) is 35.4 Å². The molecule has 0 N–H and O–H groups in total. The van der Waals surface area contributed by atoms with Gasteiger partial charge in [-0.15, -0.1) is 0 Å². The molecule has 12 heteroatoms. The fourth-order valence-electron chi connectivity index (χ4n) is 5.61. The normalized spacial score (nSPS) is 25.0. The third kappa shape index (κ3) is 9.34. The maximum absolute atomic E-state index is 13.7. The van der Waals surface area contributed by atoms with Gasteiger partial charge in [0, 0.05) is 18.1 Å². The van der Waals surface area contributed by atoms with Gasteiger partial charge in [0.25, 0.3) is 0 Å². The van der Waals surface area contributed by atoms with Crippen molar-refractivity contribution in [3.05, 3.63) is 69.6 Å². The lowest BCUT2D eigenvalue weighted by molar-refractivity contribution is -0.156. The second-order valence-corrected chi connectivity index (χ2v) is 11.8. The highest BCUT2D eigenvalue weighted by Gasteiger charge is 2.46. The molecule has 2 aromatic rings. The zero-order valence-corrected chi connectivity index (χ0v) is 26.6. The summed E-state index contributed by atoms with van der Waals surface area (Å²) in [6.07, 6.45) is 0.874. The summed E-state index contributed by atoms with van der Waals surface area (Å²) >= 11 is 0. The molecule has 2 unspecified atom stereocenters. The fourth-order valence-corrected chi connectivity index (χ4v) is 5.61. The van der Waals surface area contributed by atoms with Crippen LogP contribution in [-0.2, 0) is 30.1 Å². The molecule has 0 aromatic heterocycles. The number of esters is 2. The Kier molecular flexibility index (Phi) is 12.1. The molecule has 0 bridgehead atoms. The van der Waals surface area contributed by atoms with Gasteiger partial charge in [-0.05, 0) is 88.1 Å². The van der Waals surface area contributed by atoms with E-state index in [1.807, 2.05) is 33.8 Å². The highest BCUT2D eigenvalue weighted by Crippen LogP contribution is 2.37. The summed E-state index contributed by atoms with van der Waals surface area (Å²) in [5.74, 6) is -1.15. The monoisotopic (exact) mass is 625 g/mol. The zero-order valence-electron chi connectivity index (χ0n) is 26.6. The number of aryl methyl sites for hydroxylation is 1. The second kappa shape index (κ2) is 15.9. The molecule has 2 aliphatic heterocycles. The third-order valence-corrected chi connectivity index (χ3v) is 8.01. The van der Waals surface area contributed by atoms with Gasteiger partial charge in [-0.3, -0.25) is 0 Å². The number of methoxy groups -OCH3 is 1. The third-order valence-electron chi connectivity index (χ3n) is 8.01. The highest BCUT2D eigenvalue weighted by molar-refractivity contribution is 5.94. The number of cyclic esters (lactones) is 1. The Bertz CT molecular complexity index is 1350. The van der Waals surface area contributed by atoms with E-state index < -0.39 is 36.0 Å². The molecule has 5 atom stereocenters. The van der Waals surface area contributed by atoms with Gasteiger partial charge >= 0.3 is 11.9 Å². The van der Waals surface area contributed by atoms with Crippen LogP contribution in [0.25, 0.3) is 10.4 Å². The van der Waals surface area contributed by atoms with E-state index in [0.29, 0.717) is 54.5 Å². The molecule has 1 fully saturated rings. The first-order valence-electron chi connectivity index (χ1n) is 15.4. The minimum atomic E-state index is -0.870. The first-order chi connectivity index (χ1) is 21.6. The average molecular weight is 626 g/mol. The zero-order chi connectivity index (χ0) is 32.4. The van der Waals surface area contributed by atoms with Crippen LogP contribution in [0, 0.1) is 5.92 Å². The van der Waals surface area contributed by atoms with E-state index in [1.54, 1.807) is 36.4 Å². The summed E-state index contributed by atoms with van der Waals surface area (Å²) in [5.41, 5.74) is 10.0. The predicted octanol–water partition coefficient (Wildman–Crippen LogP) is 6.40. The number of hydrogen-bond donors (Lipinski definition) is 0. The first kappa shape index (κ1) is 34.1. The maximum Gasteiger partial charge on any atom is 0.342 e. The van der Waals surface area contributed by atoms with Gasteiger partial charge in [-0.2, -0.15) is 0 Å². The molecule has 45 heavy (non-hydrogen) atoms. The van der Waals surface area contributed by atoms with Crippen molar-refractivity contribution in [3.8, 4) is 11.5 Å². The standard InChI is InChI=1S/C33H43N3O9/c1-21-14-15-26(43-31(37)23-10-7-6-8-11-23)30-27(44-33(3,4)45-30)13-9-12-24-18-25(40-17-16-35-36-34)19-28(41-20-39-5)29(24)32(38)42-22(21)2/h6-8,10-11,18-19,21-22,26-27,30H,9,12-17,20H2,1-5H3/t21-,22+,26?,27-,30?/m1/s1. The van der Waals surface area contributed by atoms with E-state index in [-0.39, 0.29) is 37.7 Å². The molecular formula is C33H43N3O9. The van der Waals surface area contributed by atoms with Crippen molar-refractivity contribution in [2.75, 3.05) is 27.1 Å². The van der Waals surface area contributed by atoms with Gasteiger partial charge < -0.3 is 33.2 Å². The van der Waals surface area contributed by atoms with Gasteiger partial charge in [0.15, 0.2) is 12.6 Å². The van der Waals surface area contributed by atoms with E-state index in [4.69, 9.17) is 38.7 Å². The maximum atomic E-state index is 13.7. The molecule has 4 rings (SSSR count). The summed E-state index contributed by atoms with van der Waals surface area (Å²) in [6, 6.07) is 12.3. The minimum absolute atomic E-state index is 0.0707. The van der Waals surface area contributed by atoms with Crippen LogP contribution in [0.3, 0.4) is 0 Å². The lowest BCUT2D eigenvalue weighted by Crippen LogP contribution is -2.39. The Morgan fingerprint density at radius 3 is 2.60 bits per heavy atom. The van der Waals surface area contributed by atoms with E-state index in [2.05, 4.69) is 10.0 Å². The molecule has 244 valence electrons. The molecule has 1 saturated heterocycles. The number of rotatable bonds is 9. The summed E-state index contributed by atoms with van der Waals surface area (Å²) in [4.78, 5) is 29.6. The summed E-state index contributed by atoms with van der Waals surface area (Å²) in [7, 11) is 1.49. The molecule has 0 aliphatic carbocycles. The summed E-state index contributed by atoms with van der Waals surface area (Å²) in [5, 5.41) is 3.52. The Labute approximate surface area is 263 Å². The number of hydrogen-bond acceptors (Lipinski definition) is 10. The fraction of sp³-hybridized carbons (Fsp3) is 0.576. The lowest BCUT2D eigenvalue weighted by atomic mass is 9.92. The molecular weight excluding hydrogens is 582 g/mol. The lowest BCUT2D eigenvalue weighted by Gasteiger charge is -2.29. The van der Waals surface area contributed by atoms with Gasteiger partial charge in [0.2, 0.25) is 0 Å². The molecule has 0 radical (unpaired) electrons. The first-order valence-corrected chi connectivity index (χ1v) is 15.4. The van der Waals surface area contributed by atoms with Gasteiger partial charge in [-0.1, -0.05) is 30.2 Å². The van der Waals surface area contributed by atoms with Crippen LogP contribution in [0.5, 0.6) is 11.5 Å². The van der Waals surface area contributed by atoms with Gasteiger partial charge in [0.05, 0.1) is 24.8 Å². The van der Waals surface area contributed by atoms with Crippen molar-refractivity contribution in [2.45, 2.75) is 90.0 Å². The molecule has 0 spiro atoms. The van der Waals surface area contributed by atoms with Crippen molar-refractivity contribution in [1.29, 1.82) is 0 Å². The molecule has 2 aliphatic rings. The molecule has 2 heterocycles. The Hall–Kier alpha value is -3.83. The predicted molar refractivity (Wildman–Crippen MR) is 164 cm³/mol. The largest absolute Gasteiger partial charge is 0.493 e. The molecule has 2 aromatic carbocycles. The highest BCUT2D eigenvalue weighted by atomic mass is 16.8. The van der Waals surface area contributed by atoms with E-state index in [1.165, 1.54) is 7.11 Å². The van der Waals surface area contributed by atoms with E-state index in [0.717, 1.165) is 0 Å². The Balaban J connectivity index is 1.66. The van der Waals surface area contributed by atoms with Crippen LogP contribution in [-0.4, -0.2) is 69.2 Å². The van der Waals surface area contributed by atoms with Crippen molar-refractivity contribution in [1.82, 2.24) is 0 Å². The summed E-state index contributed by atoms with van der Waals surface area (Å²) < 4.78 is 41.6. The molecule has 12 nitrogen and oxygen atoms in total. The average Bonchev–Trinajstić information content (AvgIpc) is 3.33. The summed E-state index contributed by atoms with van der Waals surface area (Å²) in [6.45, 7) is 7.78. The number of azide groups is 1. The molecule has 0 saturated carbocycles. The van der Waals surface area contributed by atoms with Crippen LogP contribution >= 0.6 is 0 Å². The number of carbonyl (C=O) groups excluding carboxylic acids is 2. The van der Waals surface area contributed by atoms with Crippen LogP contribution in [0.15, 0.2) is 47.6 Å². The number of ether oxygens (including phenoxy) is 7. The number of nitrogens with zero attached hydrogens (tertiary/aromatic N) is 3. The second-order valence-electron chi connectivity index (χ2n) is 11.8. The van der Waals surface area contributed by atoms with Crippen LogP contribution in [0.1, 0.15) is 79.7 Å². The molecule has 0 amide bonds. The quantitative estimate of drug-likeness (QED) is 0.0771. The topological polar surface area (TPSA) is 148 Å². The number of fused-ring (bicyclic) bond motifs is 2. The van der Waals surface area contributed by atoms with Crippen molar-refractivity contribution >= 4 is 11.9 Å². The smallest absolute Gasteiger partial charge is 0.342 e. The number of benzene rings is 2. The minimum Gasteiger partial charge on any atom is -0.493 e. The van der Waals surface area contributed by atoms with E-state index in [9.17, 15) is 9.59 Å². The van der Waals surface area contributed by atoms with E-state index >= 15 is 0 Å². The van der Waals surface area contributed by atoms with Gasteiger partial charge in [-0.25, -0.2) is 9.59 Å². The number of carbonyl (C=O) groups is 2. The van der Waals surface area contributed by atoms with Crippen molar-refractivity contribution in [3.63, 3.8) is 0 Å². The van der Waals surface area contributed by atoms with Crippen LogP contribution in [0.4, 0.5) is 0 Å². The van der Waals surface area contributed by atoms with Crippen LogP contribution < -0.4 is 9.47 Å². The van der Waals surface area contributed by atoms with Crippen molar-refractivity contribution < 1.29 is 42.7 Å². The Morgan fingerprint density at radius 1 is 1.09 bits per heavy atom. The SMILES string of the molecule is COCOc1cc(OCCN=[N+]=[N-])cc2c1C(=O)O[C@@H](C)[C@H](C)CCC(OC(=O)c1ccccc1)C1OC(C)(C)O[C@@H]1CCC2.